The molecule has 33 heavy (non-hydrogen) atoms. The van der Waals surface area contributed by atoms with E-state index in [1.165, 1.54) is 17.2 Å². The molecule has 2 amide bonds. The molecule has 0 N–H and O–H groups in total. The molecule has 0 aromatic heterocycles. The lowest BCUT2D eigenvalue weighted by Gasteiger charge is -2.38. The Labute approximate surface area is 195 Å². The molecule has 6 nitrogen and oxygen atoms in total. The zero-order valence-corrected chi connectivity index (χ0v) is 19.6. The molecule has 2 aliphatic heterocycles. The van der Waals surface area contributed by atoms with E-state index in [-0.39, 0.29) is 17.6 Å². The van der Waals surface area contributed by atoms with Crippen molar-refractivity contribution in [1.29, 1.82) is 0 Å². The molecule has 0 atom stereocenters. The van der Waals surface area contributed by atoms with Crippen molar-refractivity contribution in [2.75, 3.05) is 58.9 Å². The average Bonchev–Trinajstić information content (AvgIpc) is 2.83. The van der Waals surface area contributed by atoms with Crippen molar-refractivity contribution < 1.29 is 14.0 Å². The zero-order valence-electron chi connectivity index (χ0n) is 19.6. The summed E-state index contributed by atoms with van der Waals surface area (Å²) < 4.78 is 13.8. The third-order valence-electron chi connectivity index (χ3n) is 6.82. The molecule has 2 fully saturated rings. The Kier molecular flexibility index (Phi) is 7.40. The molecule has 0 saturated carbocycles. The van der Waals surface area contributed by atoms with Crippen LogP contribution in [-0.4, -0.2) is 90.3 Å². The Morgan fingerprint density at radius 1 is 0.788 bits per heavy atom. The first kappa shape index (κ1) is 23.4. The standard InChI is InChI=1S/C26H33FN4O2/c1-20-5-3-4-6-23(20)18-28-9-13-30(14-10-28)25(32)19-29-11-15-31(16-12-29)26(33)22-8-7-21(2)24(27)17-22/h3-8,17H,9-16,18-19H2,1-2H3. The summed E-state index contributed by atoms with van der Waals surface area (Å²) in [6.07, 6.45) is 0. The predicted octanol–water partition coefficient (Wildman–Crippen LogP) is 2.54. The summed E-state index contributed by atoms with van der Waals surface area (Å²) in [5, 5.41) is 0. The molecule has 2 saturated heterocycles. The lowest BCUT2D eigenvalue weighted by Crippen LogP contribution is -2.54. The van der Waals surface area contributed by atoms with E-state index in [1.54, 1.807) is 24.0 Å². The van der Waals surface area contributed by atoms with Crippen molar-refractivity contribution in [1.82, 2.24) is 19.6 Å². The Morgan fingerprint density at radius 2 is 1.42 bits per heavy atom. The van der Waals surface area contributed by atoms with Crippen LogP contribution in [0, 0.1) is 19.7 Å². The van der Waals surface area contributed by atoms with Crippen LogP contribution in [0.2, 0.25) is 0 Å². The largest absolute Gasteiger partial charge is 0.339 e. The molecule has 0 spiro atoms. The maximum atomic E-state index is 13.8. The summed E-state index contributed by atoms with van der Waals surface area (Å²) in [4.78, 5) is 33.7. The molecule has 7 heteroatoms. The monoisotopic (exact) mass is 452 g/mol. The fraction of sp³-hybridized carbons (Fsp3) is 0.462. The van der Waals surface area contributed by atoms with Gasteiger partial charge in [-0.1, -0.05) is 30.3 Å². The van der Waals surface area contributed by atoms with Gasteiger partial charge in [-0.05, 0) is 42.7 Å². The number of nitrogens with zero attached hydrogens (tertiary/aromatic N) is 4. The first-order valence-electron chi connectivity index (χ1n) is 11.7. The van der Waals surface area contributed by atoms with Crippen molar-refractivity contribution in [2.45, 2.75) is 20.4 Å². The Hall–Kier alpha value is -2.77. The van der Waals surface area contributed by atoms with E-state index in [1.807, 2.05) is 4.90 Å². The lowest BCUT2D eigenvalue weighted by molar-refractivity contribution is -0.134. The first-order valence-corrected chi connectivity index (χ1v) is 11.7. The van der Waals surface area contributed by atoms with Gasteiger partial charge >= 0.3 is 0 Å². The van der Waals surface area contributed by atoms with E-state index in [4.69, 9.17) is 0 Å². The van der Waals surface area contributed by atoms with E-state index >= 15 is 0 Å². The smallest absolute Gasteiger partial charge is 0.254 e. The normalized spacial score (nSPS) is 17.9. The lowest BCUT2D eigenvalue weighted by atomic mass is 10.1. The summed E-state index contributed by atoms with van der Waals surface area (Å²) in [6.45, 7) is 10.8. The molecular formula is C26H33FN4O2. The Balaban J connectivity index is 1.21. The Morgan fingerprint density at radius 3 is 2.09 bits per heavy atom. The van der Waals surface area contributed by atoms with Crippen LogP contribution in [0.15, 0.2) is 42.5 Å². The second-order valence-electron chi connectivity index (χ2n) is 9.12. The van der Waals surface area contributed by atoms with Gasteiger partial charge in [-0.2, -0.15) is 0 Å². The number of amides is 2. The van der Waals surface area contributed by atoms with Crippen LogP contribution in [-0.2, 0) is 11.3 Å². The van der Waals surface area contributed by atoms with Crippen molar-refractivity contribution in [2.24, 2.45) is 0 Å². The molecular weight excluding hydrogens is 419 g/mol. The van der Waals surface area contributed by atoms with Crippen molar-refractivity contribution in [3.63, 3.8) is 0 Å². The van der Waals surface area contributed by atoms with E-state index in [0.717, 1.165) is 32.7 Å². The highest BCUT2D eigenvalue weighted by atomic mass is 19.1. The first-order chi connectivity index (χ1) is 15.9. The number of aryl methyl sites for hydroxylation is 2. The van der Waals surface area contributed by atoms with Gasteiger partial charge in [0.1, 0.15) is 5.82 Å². The fourth-order valence-corrected chi connectivity index (χ4v) is 4.49. The minimum atomic E-state index is -0.357. The third-order valence-corrected chi connectivity index (χ3v) is 6.82. The number of carbonyl (C=O) groups excluding carboxylic acids is 2. The third kappa shape index (κ3) is 5.78. The van der Waals surface area contributed by atoms with Gasteiger partial charge in [0.2, 0.25) is 5.91 Å². The second kappa shape index (κ2) is 10.4. The average molecular weight is 453 g/mol. The molecule has 0 radical (unpaired) electrons. The quantitative estimate of drug-likeness (QED) is 0.700. The van der Waals surface area contributed by atoms with Gasteiger partial charge < -0.3 is 9.80 Å². The minimum absolute atomic E-state index is 0.148. The number of benzene rings is 2. The van der Waals surface area contributed by atoms with E-state index in [9.17, 15) is 14.0 Å². The van der Waals surface area contributed by atoms with Crippen LogP contribution < -0.4 is 0 Å². The van der Waals surface area contributed by atoms with Crippen LogP contribution in [0.25, 0.3) is 0 Å². The van der Waals surface area contributed by atoms with Crippen LogP contribution >= 0.6 is 0 Å². The van der Waals surface area contributed by atoms with E-state index in [2.05, 4.69) is 41.0 Å². The van der Waals surface area contributed by atoms with Gasteiger partial charge in [-0.15, -0.1) is 0 Å². The van der Waals surface area contributed by atoms with Crippen molar-refractivity contribution >= 4 is 11.8 Å². The molecule has 2 aromatic rings. The fourth-order valence-electron chi connectivity index (χ4n) is 4.49. The number of halogens is 1. The van der Waals surface area contributed by atoms with Crippen LogP contribution in [0.4, 0.5) is 4.39 Å². The maximum absolute atomic E-state index is 13.8. The van der Waals surface area contributed by atoms with Gasteiger partial charge in [0.05, 0.1) is 6.54 Å². The van der Waals surface area contributed by atoms with Gasteiger partial charge in [0.15, 0.2) is 0 Å². The second-order valence-corrected chi connectivity index (χ2v) is 9.12. The molecule has 2 aliphatic rings. The molecule has 2 aromatic carbocycles. The summed E-state index contributed by atoms with van der Waals surface area (Å²) >= 11 is 0. The van der Waals surface area contributed by atoms with Crippen LogP contribution in [0.5, 0.6) is 0 Å². The highest BCUT2D eigenvalue weighted by Crippen LogP contribution is 2.15. The summed E-state index contributed by atoms with van der Waals surface area (Å²) in [6, 6.07) is 13.1. The van der Waals surface area contributed by atoms with Crippen LogP contribution in [0.3, 0.4) is 0 Å². The SMILES string of the molecule is Cc1ccc(C(=O)N2CCN(CC(=O)N3CCN(Cc4ccccc4C)CC3)CC2)cc1F. The highest BCUT2D eigenvalue weighted by Gasteiger charge is 2.27. The molecule has 176 valence electrons. The molecule has 0 bridgehead atoms. The Bertz CT molecular complexity index is 996. The summed E-state index contributed by atoms with van der Waals surface area (Å²) in [7, 11) is 0. The van der Waals surface area contributed by atoms with Gasteiger partial charge in [-0.25, -0.2) is 4.39 Å². The molecule has 2 heterocycles. The zero-order chi connectivity index (χ0) is 23.4. The predicted molar refractivity (Wildman–Crippen MR) is 127 cm³/mol. The molecule has 0 unspecified atom stereocenters. The van der Waals surface area contributed by atoms with Gasteiger partial charge in [0, 0.05) is 64.5 Å². The number of hydrogen-bond donors (Lipinski definition) is 0. The van der Waals surface area contributed by atoms with E-state index < -0.39 is 0 Å². The molecule has 0 aliphatic carbocycles. The summed E-state index contributed by atoms with van der Waals surface area (Å²) in [5.41, 5.74) is 3.57. The number of hydrogen-bond acceptors (Lipinski definition) is 4. The summed E-state index contributed by atoms with van der Waals surface area (Å²) in [5.74, 6) is -0.348. The number of carbonyl (C=O) groups is 2. The number of piperazine rings is 2. The number of rotatable bonds is 5. The highest BCUT2D eigenvalue weighted by molar-refractivity contribution is 5.94. The van der Waals surface area contributed by atoms with Crippen LogP contribution in [0.1, 0.15) is 27.0 Å². The maximum Gasteiger partial charge on any atom is 0.254 e. The van der Waals surface area contributed by atoms with E-state index in [0.29, 0.717) is 43.9 Å². The molecule has 4 rings (SSSR count). The topological polar surface area (TPSA) is 47.1 Å². The van der Waals surface area contributed by atoms with Crippen molar-refractivity contribution in [3.05, 3.63) is 70.5 Å². The van der Waals surface area contributed by atoms with Crippen molar-refractivity contribution in [3.8, 4) is 0 Å². The minimum Gasteiger partial charge on any atom is -0.339 e. The van der Waals surface area contributed by atoms with Gasteiger partial charge in [0.25, 0.3) is 5.91 Å². The van der Waals surface area contributed by atoms with Gasteiger partial charge in [-0.3, -0.25) is 19.4 Å².